The van der Waals surface area contributed by atoms with Gasteiger partial charge in [0, 0.05) is 24.7 Å². The summed E-state index contributed by atoms with van der Waals surface area (Å²) in [6.45, 7) is 8.48. The number of likely N-dealkylation sites (tertiary alicyclic amines) is 1. The number of nitrogens with one attached hydrogen (secondary N) is 1. The molecule has 1 saturated heterocycles. The number of hydrogen-bond donors (Lipinski definition) is 1. The van der Waals surface area contributed by atoms with Crippen LogP contribution in [0.25, 0.3) is 0 Å². The van der Waals surface area contributed by atoms with Crippen LogP contribution < -0.4 is 5.32 Å². The number of nitrogens with zero attached hydrogens (tertiary/aromatic N) is 1. The van der Waals surface area contributed by atoms with Crippen molar-refractivity contribution < 1.29 is 4.39 Å². The monoisotopic (exact) mass is 278 g/mol. The van der Waals surface area contributed by atoms with E-state index in [0.29, 0.717) is 12.0 Å². The van der Waals surface area contributed by atoms with Gasteiger partial charge >= 0.3 is 0 Å². The number of rotatable bonds is 6. The summed E-state index contributed by atoms with van der Waals surface area (Å²) < 4.78 is 13.7. The van der Waals surface area contributed by atoms with Crippen molar-refractivity contribution in [2.24, 2.45) is 5.92 Å². The highest BCUT2D eigenvalue weighted by molar-refractivity contribution is 5.17. The van der Waals surface area contributed by atoms with Crippen molar-refractivity contribution in [3.63, 3.8) is 0 Å². The molecule has 2 rings (SSSR count). The van der Waals surface area contributed by atoms with Crippen LogP contribution in [0.3, 0.4) is 0 Å². The second kappa shape index (κ2) is 7.75. The summed E-state index contributed by atoms with van der Waals surface area (Å²) in [6.07, 6.45) is 3.68. The van der Waals surface area contributed by atoms with Gasteiger partial charge in [0.15, 0.2) is 0 Å². The lowest BCUT2D eigenvalue weighted by Crippen LogP contribution is -2.44. The van der Waals surface area contributed by atoms with Gasteiger partial charge in [-0.15, -0.1) is 0 Å². The molecule has 1 aromatic rings. The van der Waals surface area contributed by atoms with Gasteiger partial charge in [-0.05, 0) is 51.3 Å². The Balaban J connectivity index is 1.89. The molecule has 0 spiro atoms. The van der Waals surface area contributed by atoms with Crippen molar-refractivity contribution >= 4 is 0 Å². The van der Waals surface area contributed by atoms with E-state index in [9.17, 15) is 4.39 Å². The lowest BCUT2D eigenvalue weighted by molar-refractivity contribution is 0.143. The maximum atomic E-state index is 13.7. The van der Waals surface area contributed by atoms with Crippen LogP contribution in [-0.2, 0) is 6.54 Å². The fraction of sp³-hybridized carbons (Fsp3) is 0.647. The van der Waals surface area contributed by atoms with Gasteiger partial charge in [0.05, 0.1) is 0 Å². The molecule has 1 N–H and O–H groups in total. The molecule has 0 aliphatic carbocycles. The molecule has 0 amide bonds. The molecule has 1 aromatic carbocycles. The Morgan fingerprint density at radius 1 is 1.40 bits per heavy atom. The number of benzene rings is 1. The Morgan fingerprint density at radius 2 is 2.20 bits per heavy atom. The highest BCUT2D eigenvalue weighted by atomic mass is 19.1. The Hall–Kier alpha value is -0.930. The maximum Gasteiger partial charge on any atom is 0.127 e. The van der Waals surface area contributed by atoms with Crippen LogP contribution in [0.4, 0.5) is 4.39 Å². The second-order valence-electron chi connectivity index (χ2n) is 5.97. The average molecular weight is 278 g/mol. The fourth-order valence-electron chi connectivity index (χ4n) is 3.05. The molecule has 2 nitrogen and oxygen atoms in total. The van der Waals surface area contributed by atoms with E-state index >= 15 is 0 Å². The quantitative estimate of drug-likeness (QED) is 0.857. The predicted octanol–water partition coefficient (Wildman–Crippen LogP) is 3.43. The van der Waals surface area contributed by atoms with E-state index in [0.717, 1.165) is 31.7 Å². The number of piperidine rings is 1. The summed E-state index contributed by atoms with van der Waals surface area (Å²) in [5.74, 6) is 0.605. The third-order valence-electron chi connectivity index (χ3n) is 4.32. The Kier molecular flexibility index (Phi) is 5.99. The highest BCUT2D eigenvalue weighted by Gasteiger charge is 2.24. The van der Waals surface area contributed by atoms with Gasteiger partial charge in [-0.25, -0.2) is 4.39 Å². The molecule has 0 bridgehead atoms. The molecule has 2 unspecified atom stereocenters. The van der Waals surface area contributed by atoms with Crippen LogP contribution in [0.5, 0.6) is 0 Å². The van der Waals surface area contributed by atoms with Crippen LogP contribution >= 0.6 is 0 Å². The number of hydrogen-bond acceptors (Lipinski definition) is 2. The van der Waals surface area contributed by atoms with Crippen molar-refractivity contribution in [1.82, 2.24) is 10.2 Å². The molecule has 20 heavy (non-hydrogen) atoms. The van der Waals surface area contributed by atoms with Crippen molar-refractivity contribution in [3.8, 4) is 0 Å². The smallest absolute Gasteiger partial charge is 0.127 e. The highest BCUT2D eigenvalue weighted by Crippen LogP contribution is 2.22. The van der Waals surface area contributed by atoms with E-state index in [1.54, 1.807) is 12.1 Å². The van der Waals surface area contributed by atoms with Gasteiger partial charge < -0.3 is 5.32 Å². The van der Waals surface area contributed by atoms with E-state index in [1.165, 1.54) is 19.3 Å². The van der Waals surface area contributed by atoms with E-state index in [2.05, 4.69) is 24.1 Å². The molecule has 1 heterocycles. The molecule has 1 aliphatic rings. The standard InChI is InChI=1S/C17H27FN2/c1-3-10-19-14(2)15-8-6-11-20(12-15)13-16-7-4-5-9-17(16)18/h4-5,7,9,14-15,19H,3,6,8,10-13H2,1-2H3. The van der Waals surface area contributed by atoms with Crippen LogP contribution in [0.1, 0.15) is 38.7 Å². The maximum absolute atomic E-state index is 13.7. The third kappa shape index (κ3) is 4.29. The van der Waals surface area contributed by atoms with E-state index in [1.807, 2.05) is 12.1 Å². The van der Waals surface area contributed by atoms with Gasteiger partial charge in [-0.2, -0.15) is 0 Å². The Morgan fingerprint density at radius 3 is 2.95 bits per heavy atom. The average Bonchev–Trinajstić information content (AvgIpc) is 2.47. The first-order chi connectivity index (χ1) is 9.70. The van der Waals surface area contributed by atoms with Crippen molar-refractivity contribution in [3.05, 3.63) is 35.6 Å². The molecular weight excluding hydrogens is 251 g/mol. The predicted molar refractivity (Wildman–Crippen MR) is 82.2 cm³/mol. The molecule has 3 heteroatoms. The minimum absolute atomic E-state index is 0.0771. The zero-order chi connectivity index (χ0) is 14.4. The zero-order valence-corrected chi connectivity index (χ0v) is 12.7. The Labute approximate surface area is 122 Å². The minimum Gasteiger partial charge on any atom is -0.314 e. The van der Waals surface area contributed by atoms with E-state index < -0.39 is 0 Å². The van der Waals surface area contributed by atoms with Crippen LogP contribution in [0.2, 0.25) is 0 Å². The van der Waals surface area contributed by atoms with Gasteiger partial charge in [-0.3, -0.25) is 4.90 Å². The first-order valence-corrected chi connectivity index (χ1v) is 7.90. The summed E-state index contributed by atoms with van der Waals surface area (Å²) >= 11 is 0. The molecule has 2 atom stereocenters. The molecule has 0 saturated carbocycles. The van der Waals surface area contributed by atoms with E-state index in [-0.39, 0.29) is 5.82 Å². The molecule has 1 aliphatic heterocycles. The van der Waals surface area contributed by atoms with Crippen LogP contribution in [0.15, 0.2) is 24.3 Å². The molecule has 0 radical (unpaired) electrons. The van der Waals surface area contributed by atoms with Gasteiger partial charge in [0.2, 0.25) is 0 Å². The molecular formula is C17H27FN2. The topological polar surface area (TPSA) is 15.3 Å². The summed E-state index contributed by atoms with van der Waals surface area (Å²) in [5, 5.41) is 3.60. The first kappa shape index (κ1) is 15.5. The first-order valence-electron chi connectivity index (χ1n) is 7.90. The van der Waals surface area contributed by atoms with Crippen LogP contribution in [0, 0.1) is 11.7 Å². The lowest BCUT2D eigenvalue weighted by Gasteiger charge is -2.36. The van der Waals surface area contributed by atoms with Gasteiger partial charge in [0.25, 0.3) is 0 Å². The number of halogens is 1. The van der Waals surface area contributed by atoms with Crippen molar-refractivity contribution in [2.75, 3.05) is 19.6 Å². The minimum atomic E-state index is -0.0771. The van der Waals surface area contributed by atoms with E-state index in [4.69, 9.17) is 0 Å². The summed E-state index contributed by atoms with van der Waals surface area (Å²) in [7, 11) is 0. The molecule has 1 fully saturated rings. The Bertz CT molecular complexity index is 408. The van der Waals surface area contributed by atoms with Gasteiger partial charge in [-0.1, -0.05) is 25.1 Å². The molecule has 0 aromatic heterocycles. The zero-order valence-electron chi connectivity index (χ0n) is 12.7. The largest absolute Gasteiger partial charge is 0.314 e. The van der Waals surface area contributed by atoms with Gasteiger partial charge in [0.1, 0.15) is 5.82 Å². The SMILES string of the molecule is CCCNC(C)C1CCCN(Cc2ccccc2F)C1. The third-order valence-corrected chi connectivity index (χ3v) is 4.32. The van der Waals surface area contributed by atoms with Crippen molar-refractivity contribution in [1.29, 1.82) is 0 Å². The summed E-state index contributed by atoms with van der Waals surface area (Å²) in [4.78, 5) is 2.40. The normalized spacial score (nSPS) is 21.9. The second-order valence-corrected chi connectivity index (χ2v) is 5.97. The summed E-state index contributed by atoms with van der Waals surface area (Å²) in [6, 6.07) is 7.69. The fourth-order valence-corrected chi connectivity index (χ4v) is 3.05. The van der Waals surface area contributed by atoms with Crippen LogP contribution in [-0.4, -0.2) is 30.6 Å². The molecule has 112 valence electrons. The van der Waals surface area contributed by atoms with Crippen molar-refractivity contribution in [2.45, 2.75) is 45.7 Å². The lowest BCUT2D eigenvalue weighted by atomic mass is 9.91. The summed E-state index contributed by atoms with van der Waals surface area (Å²) in [5.41, 5.74) is 0.822.